The monoisotopic (exact) mass is 457 g/mol. The summed E-state index contributed by atoms with van der Waals surface area (Å²) in [5, 5.41) is 15.6. The first-order chi connectivity index (χ1) is 15.4. The van der Waals surface area contributed by atoms with E-state index in [4.69, 9.17) is 4.74 Å². The minimum atomic E-state index is -1.09. The maximum atomic E-state index is 13.7. The van der Waals surface area contributed by atoms with E-state index in [2.05, 4.69) is 10.6 Å². The van der Waals surface area contributed by atoms with Crippen LogP contribution in [0.3, 0.4) is 0 Å². The first kappa shape index (κ1) is 23.7. The molecule has 3 N–H and O–H groups in total. The summed E-state index contributed by atoms with van der Waals surface area (Å²) in [6.45, 7) is 9.64. The molecule has 180 valence electrons. The number of ether oxygens (including phenoxy) is 1. The number of β-amino-alcohol motifs (C(OH)–C–C–N with tert-alkyl or cyclic N) is 1. The molecule has 3 heterocycles. The van der Waals surface area contributed by atoms with Crippen LogP contribution in [0.2, 0.25) is 0 Å². The van der Waals surface area contributed by atoms with Gasteiger partial charge in [-0.25, -0.2) is 0 Å². The van der Waals surface area contributed by atoms with Crippen molar-refractivity contribution in [2.24, 2.45) is 17.8 Å². The van der Waals surface area contributed by atoms with Gasteiger partial charge in [0.15, 0.2) is 0 Å². The van der Waals surface area contributed by atoms with Gasteiger partial charge >= 0.3 is 0 Å². The molecule has 2 bridgehead atoms. The molecule has 0 radical (unpaired) electrons. The Bertz CT molecular complexity index is 945. The van der Waals surface area contributed by atoms with Crippen LogP contribution >= 0.6 is 0 Å². The van der Waals surface area contributed by atoms with E-state index in [1.54, 1.807) is 0 Å². The van der Waals surface area contributed by atoms with Crippen LogP contribution in [0.4, 0.5) is 0 Å². The largest absolute Gasteiger partial charge is 0.395 e. The number of rotatable bonds is 6. The topological polar surface area (TPSA) is 108 Å². The van der Waals surface area contributed by atoms with E-state index < -0.39 is 34.6 Å². The highest BCUT2D eigenvalue weighted by Gasteiger charge is 2.79. The lowest BCUT2D eigenvalue weighted by molar-refractivity contribution is -0.148. The number of likely N-dealkylation sites (tertiary alicyclic amines) is 1. The van der Waals surface area contributed by atoms with Gasteiger partial charge in [-0.15, -0.1) is 0 Å². The third-order valence-electron chi connectivity index (χ3n) is 7.49. The molecule has 1 aromatic rings. The Hall–Kier alpha value is -2.45. The number of hydrogen-bond acceptors (Lipinski definition) is 5. The Kier molecular flexibility index (Phi) is 5.81. The predicted octanol–water partition coefficient (Wildman–Crippen LogP) is 1.22. The molecule has 3 aliphatic heterocycles. The molecule has 3 amide bonds. The summed E-state index contributed by atoms with van der Waals surface area (Å²) in [4.78, 5) is 42.0. The fourth-order valence-corrected chi connectivity index (χ4v) is 6.12. The summed E-state index contributed by atoms with van der Waals surface area (Å²) in [5.41, 5.74) is -1.49. The summed E-state index contributed by atoms with van der Waals surface area (Å²) in [7, 11) is 0. The van der Waals surface area contributed by atoms with Gasteiger partial charge in [-0.2, -0.15) is 0 Å². The standard InChI is InChI=1S/C25H35N3O5/c1-15-13-25-18(22(32)28(11-12-29)19(25)21(31)27-23(2,3)4)17(24(15,5)33-25)20(30)26-14-16-9-7-6-8-10-16/h6-10,15,17-19,29H,11-14H2,1-5H3,(H,26,30)(H,27,31)/t15?,17-,18+,19?,24+,25?/m1/s1. The first-order valence-electron chi connectivity index (χ1n) is 11.7. The minimum Gasteiger partial charge on any atom is -0.395 e. The number of carbonyl (C=O) groups is 3. The van der Waals surface area contributed by atoms with Crippen LogP contribution in [-0.2, 0) is 25.7 Å². The third kappa shape index (κ3) is 3.73. The molecule has 3 saturated heterocycles. The van der Waals surface area contributed by atoms with Crippen molar-refractivity contribution in [3.05, 3.63) is 35.9 Å². The zero-order valence-corrected chi connectivity index (χ0v) is 20.1. The predicted molar refractivity (Wildman–Crippen MR) is 122 cm³/mol. The summed E-state index contributed by atoms with van der Waals surface area (Å²) < 4.78 is 6.60. The summed E-state index contributed by atoms with van der Waals surface area (Å²) in [6, 6.07) is 8.70. The van der Waals surface area contributed by atoms with Crippen LogP contribution in [0, 0.1) is 17.8 Å². The molecule has 1 aromatic carbocycles. The van der Waals surface area contributed by atoms with Gasteiger partial charge in [0.2, 0.25) is 17.7 Å². The Balaban J connectivity index is 1.68. The highest BCUT2D eigenvalue weighted by molar-refractivity contribution is 5.99. The number of amides is 3. The van der Waals surface area contributed by atoms with Gasteiger partial charge < -0.3 is 25.4 Å². The van der Waals surface area contributed by atoms with Crippen molar-refractivity contribution >= 4 is 17.7 Å². The number of hydrogen-bond donors (Lipinski definition) is 3. The van der Waals surface area contributed by atoms with E-state index in [0.29, 0.717) is 13.0 Å². The van der Waals surface area contributed by atoms with Crippen molar-refractivity contribution in [3.8, 4) is 0 Å². The molecular formula is C25H35N3O5. The van der Waals surface area contributed by atoms with Crippen molar-refractivity contribution in [2.75, 3.05) is 13.2 Å². The maximum Gasteiger partial charge on any atom is 0.246 e. The highest BCUT2D eigenvalue weighted by atomic mass is 16.5. The molecule has 33 heavy (non-hydrogen) atoms. The zero-order valence-electron chi connectivity index (χ0n) is 20.1. The second-order valence-electron chi connectivity index (χ2n) is 10.9. The zero-order chi connectivity index (χ0) is 24.2. The lowest BCUT2D eigenvalue weighted by atomic mass is 9.62. The third-order valence-corrected chi connectivity index (χ3v) is 7.49. The second kappa shape index (κ2) is 8.09. The highest BCUT2D eigenvalue weighted by Crippen LogP contribution is 2.65. The number of aliphatic hydroxyl groups is 1. The van der Waals surface area contributed by atoms with Crippen molar-refractivity contribution in [1.82, 2.24) is 15.5 Å². The van der Waals surface area contributed by atoms with E-state index >= 15 is 0 Å². The van der Waals surface area contributed by atoms with Gasteiger partial charge in [0.25, 0.3) is 0 Å². The van der Waals surface area contributed by atoms with Crippen LogP contribution < -0.4 is 10.6 Å². The minimum absolute atomic E-state index is 0.0200. The fraction of sp³-hybridized carbons (Fsp3) is 0.640. The summed E-state index contributed by atoms with van der Waals surface area (Å²) in [5.74, 6) is -2.35. The molecule has 0 aliphatic carbocycles. The second-order valence-corrected chi connectivity index (χ2v) is 10.9. The Morgan fingerprint density at radius 1 is 1.21 bits per heavy atom. The molecule has 1 spiro atoms. The molecule has 6 atom stereocenters. The van der Waals surface area contributed by atoms with E-state index in [9.17, 15) is 19.5 Å². The van der Waals surface area contributed by atoms with Gasteiger partial charge in [-0.1, -0.05) is 37.3 Å². The summed E-state index contributed by atoms with van der Waals surface area (Å²) in [6.07, 6.45) is 0.506. The van der Waals surface area contributed by atoms with Crippen LogP contribution in [0.25, 0.3) is 0 Å². The first-order valence-corrected chi connectivity index (χ1v) is 11.7. The molecule has 3 aliphatic rings. The van der Waals surface area contributed by atoms with E-state index in [1.807, 2.05) is 65.0 Å². The van der Waals surface area contributed by atoms with Crippen molar-refractivity contribution in [1.29, 1.82) is 0 Å². The average Bonchev–Trinajstić information content (AvgIpc) is 3.23. The van der Waals surface area contributed by atoms with Crippen LogP contribution in [0.1, 0.15) is 46.6 Å². The molecule has 0 saturated carbocycles. The van der Waals surface area contributed by atoms with Crippen LogP contribution in [0.15, 0.2) is 30.3 Å². The normalized spacial score (nSPS) is 35.0. The number of nitrogens with one attached hydrogen (secondary N) is 2. The Morgan fingerprint density at radius 2 is 1.88 bits per heavy atom. The SMILES string of the molecule is CC1CC23O[C@]1(C)[C@@H](C(=O)NCc1ccccc1)[C@H]2C(=O)N(CCO)C3C(=O)NC(C)(C)C. The number of nitrogens with zero attached hydrogens (tertiary/aromatic N) is 1. The molecule has 8 heteroatoms. The molecule has 0 aromatic heterocycles. The van der Waals surface area contributed by atoms with E-state index in [0.717, 1.165) is 5.56 Å². The van der Waals surface area contributed by atoms with Crippen LogP contribution in [-0.4, -0.2) is 63.7 Å². The quantitative estimate of drug-likeness (QED) is 0.595. The number of benzene rings is 1. The maximum absolute atomic E-state index is 13.7. The van der Waals surface area contributed by atoms with Gasteiger partial charge in [-0.3, -0.25) is 14.4 Å². The van der Waals surface area contributed by atoms with E-state index in [-0.39, 0.29) is 36.8 Å². The fourth-order valence-electron chi connectivity index (χ4n) is 6.12. The van der Waals surface area contributed by atoms with Gasteiger partial charge in [-0.05, 0) is 45.6 Å². The molecule has 3 fully saturated rings. The Morgan fingerprint density at radius 3 is 2.48 bits per heavy atom. The van der Waals surface area contributed by atoms with Crippen molar-refractivity contribution in [3.63, 3.8) is 0 Å². The number of fused-ring (bicyclic) bond motifs is 1. The smallest absolute Gasteiger partial charge is 0.246 e. The summed E-state index contributed by atoms with van der Waals surface area (Å²) >= 11 is 0. The number of carbonyl (C=O) groups excluding carboxylic acids is 3. The number of aliphatic hydroxyl groups excluding tert-OH is 1. The Labute approximate surface area is 195 Å². The molecular weight excluding hydrogens is 422 g/mol. The average molecular weight is 458 g/mol. The lowest BCUT2D eigenvalue weighted by Gasteiger charge is -2.36. The van der Waals surface area contributed by atoms with Crippen LogP contribution in [0.5, 0.6) is 0 Å². The van der Waals surface area contributed by atoms with Crippen molar-refractivity contribution < 1.29 is 24.2 Å². The molecule has 4 rings (SSSR count). The van der Waals surface area contributed by atoms with Gasteiger partial charge in [0.1, 0.15) is 11.6 Å². The van der Waals surface area contributed by atoms with E-state index in [1.165, 1.54) is 4.90 Å². The molecule has 8 nitrogen and oxygen atoms in total. The van der Waals surface area contributed by atoms with Gasteiger partial charge in [0.05, 0.1) is 24.0 Å². The molecule has 3 unspecified atom stereocenters. The van der Waals surface area contributed by atoms with Crippen molar-refractivity contribution in [2.45, 2.75) is 70.4 Å². The lowest BCUT2D eigenvalue weighted by Crippen LogP contribution is -2.58. The van der Waals surface area contributed by atoms with Gasteiger partial charge in [0, 0.05) is 18.6 Å².